The van der Waals surface area contributed by atoms with E-state index in [1.807, 2.05) is 6.07 Å². The minimum atomic E-state index is 0.647. The standard InChI is InChI=1S/C53H37N3O/c1-3-13-34(14-4-1)35-25-30-39(31-26-35)51-54-52(40-32-29-38-28-27-37-17-7-8-18-41(37)47(38)33-40)56-53(55-51)45-20-10-9-19-43(45)44-22-12-24-48-49(44)46-23-11-21-42(50(46)57-48)36-15-5-2-6-16-36/h1-3,5-13,15-25,27-30,32-33H,4,14,26,31H2. The van der Waals surface area contributed by atoms with Crippen LogP contribution >= 0.6 is 0 Å². The number of allylic oxidation sites excluding steroid dienone is 8. The quantitative estimate of drug-likeness (QED) is 0.160. The molecule has 0 N–H and O–H groups in total. The Bertz CT molecular complexity index is 3180. The third-order valence-corrected chi connectivity index (χ3v) is 11.6. The van der Waals surface area contributed by atoms with Crippen molar-refractivity contribution in [2.45, 2.75) is 25.7 Å². The van der Waals surface area contributed by atoms with Crippen LogP contribution in [0.15, 0.2) is 192 Å². The van der Waals surface area contributed by atoms with Crippen LogP contribution in [0.4, 0.5) is 0 Å². The van der Waals surface area contributed by atoms with E-state index in [9.17, 15) is 0 Å². The number of aromatic nitrogens is 3. The van der Waals surface area contributed by atoms with Crippen molar-refractivity contribution in [2.75, 3.05) is 0 Å². The molecule has 4 nitrogen and oxygen atoms in total. The lowest BCUT2D eigenvalue weighted by molar-refractivity contribution is 0.670. The summed E-state index contributed by atoms with van der Waals surface area (Å²) in [6.45, 7) is 0. The van der Waals surface area contributed by atoms with E-state index in [1.165, 1.54) is 32.7 Å². The molecule has 0 fully saturated rings. The highest BCUT2D eigenvalue weighted by Crippen LogP contribution is 2.43. The average Bonchev–Trinajstić information content (AvgIpc) is 3.69. The van der Waals surface area contributed by atoms with Gasteiger partial charge in [0.1, 0.15) is 11.2 Å². The predicted molar refractivity (Wildman–Crippen MR) is 236 cm³/mol. The van der Waals surface area contributed by atoms with E-state index in [2.05, 4.69) is 170 Å². The molecule has 2 aromatic heterocycles. The van der Waals surface area contributed by atoms with Gasteiger partial charge in [0, 0.05) is 27.5 Å². The molecule has 270 valence electrons. The molecule has 4 heteroatoms. The average molecular weight is 732 g/mol. The highest BCUT2D eigenvalue weighted by Gasteiger charge is 2.22. The van der Waals surface area contributed by atoms with Gasteiger partial charge in [0.05, 0.1) is 0 Å². The summed E-state index contributed by atoms with van der Waals surface area (Å²) >= 11 is 0. The third kappa shape index (κ3) is 5.89. The number of furan rings is 1. The van der Waals surface area contributed by atoms with Crippen LogP contribution in [0.25, 0.3) is 94.1 Å². The van der Waals surface area contributed by atoms with Gasteiger partial charge in [-0.3, -0.25) is 0 Å². The summed E-state index contributed by atoms with van der Waals surface area (Å²) in [5.74, 6) is 2.03. The first kappa shape index (κ1) is 33.2. The molecule has 9 aromatic rings. The Morgan fingerprint density at radius 1 is 0.421 bits per heavy atom. The number of hydrogen-bond acceptors (Lipinski definition) is 4. The van der Waals surface area contributed by atoms with Crippen LogP contribution in [0.5, 0.6) is 0 Å². The molecule has 2 aliphatic rings. The lowest BCUT2D eigenvalue weighted by Gasteiger charge is -2.19. The number of nitrogens with zero attached hydrogens (tertiary/aromatic N) is 3. The summed E-state index contributed by atoms with van der Waals surface area (Å²) < 4.78 is 6.68. The van der Waals surface area contributed by atoms with Gasteiger partial charge in [-0.1, -0.05) is 164 Å². The van der Waals surface area contributed by atoms with Gasteiger partial charge >= 0.3 is 0 Å². The molecule has 0 spiro atoms. The van der Waals surface area contributed by atoms with Gasteiger partial charge in [-0.25, -0.2) is 15.0 Å². The van der Waals surface area contributed by atoms with Crippen LogP contribution in [-0.2, 0) is 0 Å². The molecule has 2 aliphatic carbocycles. The van der Waals surface area contributed by atoms with Crippen LogP contribution in [0.2, 0.25) is 0 Å². The molecule has 0 bridgehead atoms. The normalized spacial score (nSPS) is 14.3. The van der Waals surface area contributed by atoms with Gasteiger partial charge in [0.2, 0.25) is 0 Å². The fourth-order valence-corrected chi connectivity index (χ4v) is 8.70. The Balaban J connectivity index is 1.10. The molecule has 57 heavy (non-hydrogen) atoms. The van der Waals surface area contributed by atoms with Gasteiger partial charge in [-0.2, -0.15) is 0 Å². The van der Waals surface area contributed by atoms with E-state index >= 15 is 0 Å². The first-order valence-corrected chi connectivity index (χ1v) is 19.8. The summed E-state index contributed by atoms with van der Waals surface area (Å²) in [5.41, 5.74) is 11.9. The number of rotatable bonds is 6. The maximum atomic E-state index is 6.68. The molecule has 0 unspecified atom stereocenters. The molecule has 0 saturated carbocycles. The van der Waals surface area contributed by atoms with Crippen molar-refractivity contribution in [3.05, 3.63) is 193 Å². The maximum absolute atomic E-state index is 6.68. The van der Waals surface area contributed by atoms with Gasteiger partial charge in [0.25, 0.3) is 0 Å². The molecule has 7 aromatic carbocycles. The van der Waals surface area contributed by atoms with Gasteiger partial charge < -0.3 is 4.42 Å². The first-order chi connectivity index (χ1) is 28.2. The van der Waals surface area contributed by atoms with Gasteiger partial charge in [-0.05, 0) is 92.8 Å². The lowest BCUT2D eigenvalue weighted by Crippen LogP contribution is -2.06. The Morgan fingerprint density at radius 3 is 1.95 bits per heavy atom. The minimum Gasteiger partial charge on any atom is -0.455 e. The molecule has 0 radical (unpaired) electrons. The highest BCUT2D eigenvalue weighted by molar-refractivity contribution is 6.16. The smallest absolute Gasteiger partial charge is 0.164 e. The van der Waals surface area contributed by atoms with Crippen molar-refractivity contribution < 1.29 is 4.42 Å². The second-order valence-corrected chi connectivity index (χ2v) is 14.9. The Kier molecular flexibility index (Phi) is 8.06. The van der Waals surface area contributed by atoms with E-state index in [-0.39, 0.29) is 0 Å². The Labute approximate surface area is 330 Å². The van der Waals surface area contributed by atoms with Gasteiger partial charge in [0.15, 0.2) is 17.5 Å². The zero-order valence-electron chi connectivity index (χ0n) is 31.3. The molecule has 11 rings (SSSR count). The fourth-order valence-electron chi connectivity index (χ4n) is 8.70. The van der Waals surface area contributed by atoms with Crippen molar-refractivity contribution in [3.8, 4) is 45.0 Å². The SMILES string of the molecule is C1=CCCC(C2=CC=C(c3nc(-c4ccc5ccc6ccccc6c5c4)nc(-c4ccccc4-c4cccc5oc6c(-c7ccccc7)cccc6c45)n3)CC2)=C1. The largest absolute Gasteiger partial charge is 0.455 e. The first-order valence-electron chi connectivity index (χ1n) is 19.8. The Morgan fingerprint density at radius 2 is 1.09 bits per heavy atom. The van der Waals surface area contributed by atoms with Gasteiger partial charge in [-0.15, -0.1) is 0 Å². The van der Waals surface area contributed by atoms with Crippen molar-refractivity contribution in [1.29, 1.82) is 0 Å². The minimum absolute atomic E-state index is 0.647. The van der Waals surface area contributed by atoms with E-state index in [1.54, 1.807) is 0 Å². The zero-order valence-corrected chi connectivity index (χ0v) is 31.3. The molecule has 0 saturated heterocycles. The van der Waals surface area contributed by atoms with Crippen LogP contribution in [-0.4, -0.2) is 15.0 Å². The molecule has 0 aliphatic heterocycles. The summed E-state index contributed by atoms with van der Waals surface area (Å²) in [6, 6.07) is 51.2. The molecular weight excluding hydrogens is 695 g/mol. The van der Waals surface area contributed by atoms with E-state index in [0.29, 0.717) is 11.6 Å². The summed E-state index contributed by atoms with van der Waals surface area (Å²) in [7, 11) is 0. The fraction of sp³-hybridized carbons (Fsp3) is 0.0755. The van der Waals surface area contributed by atoms with Crippen molar-refractivity contribution in [3.63, 3.8) is 0 Å². The van der Waals surface area contributed by atoms with E-state index in [4.69, 9.17) is 19.4 Å². The number of para-hydroxylation sites is 1. The van der Waals surface area contributed by atoms with Crippen LogP contribution in [0.3, 0.4) is 0 Å². The number of hydrogen-bond donors (Lipinski definition) is 0. The summed E-state index contributed by atoms with van der Waals surface area (Å²) in [4.78, 5) is 15.9. The van der Waals surface area contributed by atoms with Crippen LogP contribution < -0.4 is 0 Å². The zero-order chi connectivity index (χ0) is 37.7. The predicted octanol–water partition coefficient (Wildman–Crippen LogP) is 14.1. The van der Waals surface area contributed by atoms with Crippen LogP contribution in [0.1, 0.15) is 31.5 Å². The molecule has 0 atom stereocenters. The highest BCUT2D eigenvalue weighted by atomic mass is 16.3. The molecular formula is C53H37N3O. The van der Waals surface area contributed by atoms with Crippen molar-refractivity contribution >= 4 is 49.1 Å². The lowest BCUT2D eigenvalue weighted by atomic mass is 9.89. The maximum Gasteiger partial charge on any atom is 0.164 e. The summed E-state index contributed by atoms with van der Waals surface area (Å²) in [5, 5.41) is 6.95. The number of benzene rings is 7. The molecule has 0 amide bonds. The second-order valence-electron chi connectivity index (χ2n) is 14.9. The van der Waals surface area contributed by atoms with E-state index < -0.39 is 0 Å². The second kappa shape index (κ2) is 13.8. The van der Waals surface area contributed by atoms with Crippen molar-refractivity contribution in [2.24, 2.45) is 0 Å². The monoisotopic (exact) mass is 731 g/mol. The Hall–Kier alpha value is -7.17. The van der Waals surface area contributed by atoms with E-state index in [0.717, 1.165) is 92.4 Å². The number of fused-ring (bicyclic) bond motifs is 6. The molecule has 2 heterocycles. The topological polar surface area (TPSA) is 51.8 Å². The third-order valence-electron chi connectivity index (χ3n) is 11.6. The summed E-state index contributed by atoms with van der Waals surface area (Å²) in [6.07, 6.45) is 15.2. The van der Waals surface area contributed by atoms with Crippen LogP contribution in [0, 0.1) is 0 Å². The van der Waals surface area contributed by atoms with Crippen molar-refractivity contribution in [1.82, 2.24) is 15.0 Å².